The molecule has 4 heteroatoms. The number of phenols is 1. The Balaban J connectivity index is 2.43. The van der Waals surface area contributed by atoms with Gasteiger partial charge in [-0.3, -0.25) is 9.97 Å². The number of benzene rings is 1. The minimum Gasteiger partial charge on any atom is -0.508 e. The van der Waals surface area contributed by atoms with Gasteiger partial charge in [0.1, 0.15) is 11.4 Å². The molecule has 0 aliphatic rings. The van der Waals surface area contributed by atoms with E-state index in [9.17, 15) is 10.2 Å². The molecule has 2 rings (SSSR count). The summed E-state index contributed by atoms with van der Waals surface area (Å²) in [7, 11) is 0. The van der Waals surface area contributed by atoms with Crippen LogP contribution in [0.15, 0.2) is 42.9 Å². The molecule has 1 atom stereocenters. The van der Waals surface area contributed by atoms with E-state index < -0.39 is 5.60 Å². The first-order valence-corrected chi connectivity index (χ1v) is 4.89. The number of aliphatic hydroxyl groups is 1. The zero-order chi connectivity index (χ0) is 11.6. The molecule has 0 spiro atoms. The molecule has 0 fully saturated rings. The van der Waals surface area contributed by atoms with Gasteiger partial charge in [0, 0.05) is 12.4 Å². The van der Waals surface area contributed by atoms with E-state index in [1.807, 2.05) is 0 Å². The second kappa shape index (κ2) is 3.90. The Kier molecular flexibility index (Phi) is 2.58. The number of nitrogens with zero attached hydrogens (tertiary/aromatic N) is 2. The fraction of sp³-hybridized carbons (Fsp3) is 0.167. The average molecular weight is 216 g/mol. The van der Waals surface area contributed by atoms with Crippen molar-refractivity contribution in [1.29, 1.82) is 0 Å². The summed E-state index contributed by atoms with van der Waals surface area (Å²) in [6.07, 6.45) is 4.60. The van der Waals surface area contributed by atoms with Crippen LogP contribution < -0.4 is 0 Å². The summed E-state index contributed by atoms with van der Waals surface area (Å²) in [6.45, 7) is 1.64. The second-order valence-corrected chi connectivity index (χ2v) is 3.71. The highest BCUT2D eigenvalue weighted by molar-refractivity contribution is 5.34. The molecule has 0 aliphatic carbocycles. The van der Waals surface area contributed by atoms with E-state index in [4.69, 9.17) is 0 Å². The molecular weight excluding hydrogens is 204 g/mol. The van der Waals surface area contributed by atoms with Gasteiger partial charge >= 0.3 is 0 Å². The second-order valence-electron chi connectivity index (χ2n) is 3.71. The van der Waals surface area contributed by atoms with Crippen LogP contribution in [0.3, 0.4) is 0 Å². The average Bonchev–Trinajstić information content (AvgIpc) is 2.31. The van der Waals surface area contributed by atoms with Crippen LogP contribution in [0.5, 0.6) is 5.75 Å². The lowest BCUT2D eigenvalue weighted by Crippen LogP contribution is -2.24. The van der Waals surface area contributed by atoms with Crippen molar-refractivity contribution in [2.45, 2.75) is 12.5 Å². The van der Waals surface area contributed by atoms with Gasteiger partial charge < -0.3 is 10.2 Å². The maximum Gasteiger partial charge on any atom is 0.130 e. The summed E-state index contributed by atoms with van der Waals surface area (Å²) in [5.41, 5.74) is -0.0754. The topological polar surface area (TPSA) is 66.2 Å². The first-order chi connectivity index (χ1) is 7.60. The van der Waals surface area contributed by atoms with Gasteiger partial charge in [-0.15, -0.1) is 0 Å². The van der Waals surface area contributed by atoms with Crippen LogP contribution in [0.25, 0.3) is 0 Å². The van der Waals surface area contributed by atoms with Gasteiger partial charge in [-0.05, 0) is 24.6 Å². The van der Waals surface area contributed by atoms with E-state index in [-0.39, 0.29) is 5.75 Å². The molecule has 0 amide bonds. The molecule has 1 aromatic carbocycles. The van der Waals surface area contributed by atoms with Crippen molar-refractivity contribution >= 4 is 0 Å². The van der Waals surface area contributed by atoms with Crippen LogP contribution in [0.4, 0.5) is 0 Å². The normalized spacial score (nSPS) is 14.4. The predicted molar refractivity (Wildman–Crippen MR) is 58.8 cm³/mol. The minimum absolute atomic E-state index is 0.165. The third kappa shape index (κ3) is 1.87. The zero-order valence-electron chi connectivity index (χ0n) is 8.83. The molecule has 0 bridgehead atoms. The molecule has 0 saturated carbocycles. The Labute approximate surface area is 93.2 Å². The van der Waals surface area contributed by atoms with Crippen LogP contribution in [-0.2, 0) is 5.60 Å². The third-order valence-corrected chi connectivity index (χ3v) is 2.49. The third-order valence-electron chi connectivity index (χ3n) is 2.49. The van der Waals surface area contributed by atoms with Gasteiger partial charge in [-0.25, -0.2) is 0 Å². The van der Waals surface area contributed by atoms with E-state index in [0.717, 1.165) is 0 Å². The Hall–Kier alpha value is -1.94. The van der Waals surface area contributed by atoms with Crippen molar-refractivity contribution in [3.05, 3.63) is 54.1 Å². The lowest BCUT2D eigenvalue weighted by atomic mass is 9.93. The lowest BCUT2D eigenvalue weighted by molar-refractivity contribution is 0.0969. The van der Waals surface area contributed by atoms with Crippen LogP contribution in [-0.4, -0.2) is 20.2 Å². The Morgan fingerprint density at radius 3 is 2.38 bits per heavy atom. The highest BCUT2D eigenvalue weighted by atomic mass is 16.3. The molecule has 0 saturated heterocycles. The van der Waals surface area contributed by atoms with Gasteiger partial charge in [-0.2, -0.15) is 0 Å². The number of rotatable bonds is 2. The van der Waals surface area contributed by atoms with Gasteiger partial charge in [-0.1, -0.05) is 12.1 Å². The number of aromatic nitrogens is 2. The molecule has 4 nitrogen and oxygen atoms in total. The summed E-state index contributed by atoms with van der Waals surface area (Å²) in [5.74, 6) is 0.165. The predicted octanol–water partition coefficient (Wildman–Crippen LogP) is 1.44. The van der Waals surface area contributed by atoms with Crippen LogP contribution >= 0.6 is 0 Å². The molecule has 82 valence electrons. The highest BCUT2D eigenvalue weighted by Crippen LogP contribution is 2.27. The van der Waals surface area contributed by atoms with Crippen LogP contribution in [0, 0.1) is 0 Å². The zero-order valence-corrected chi connectivity index (χ0v) is 8.83. The maximum atomic E-state index is 10.4. The fourth-order valence-electron chi connectivity index (χ4n) is 1.48. The van der Waals surface area contributed by atoms with Crippen molar-refractivity contribution < 1.29 is 10.2 Å². The largest absolute Gasteiger partial charge is 0.508 e. The number of phenolic OH excluding ortho intramolecular Hbond substituents is 1. The molecule has 1 aromatic heterocycles. The van der Waals surface area contributed by atoms with Crippen molar-refractivity contribution in [3.63, 3.8) is 0 Å². The monoisotopic (exact) mass is 216 g/mol. The number of aromatic hydroxyl groups is 1. The first-order valence-electron chi connectivity index (χ1n) is 4.89. The molecule has 1 heterocycles. The Bertz CT molecular complexity index is 466. The summed E-state index contributed by atoms with van der Waals surface area (Å²) < 4.78 is 0. The summed E-state index contributed by atoms with van der Waals surface area (Å²) >= 11 is 0. The van der Waals surface area contributed by atoms with E-state index in [0.29, 0.717) is 11.3 Å². The minimum atomic E-state index is -1.21. The molecule has 2 N–H and O–H groups in total. The van der Waals surface area contributed by atoms with Gasteiger partial charge in [0.15, 0.2) is 0 Å². The molecule has 0 radical (unpaired) electrons. The van der Waals surface area contributed by atoms with Gasteiger partial charge in [0.2, 0.25) is 0 Å². The fourth-order valence-corrected chi connectivity index (χ4v) is 1.48. The van der Waals surface area contributed by atoms with E-state index in [1.54, 1.807) is 25.3 Å². The standard InChI is InChI=1S/C12H12N2O2/c1-12(16,11-8-13-6-7-14-11)9-2-4-10(15)5-3-9/h2-8,15-16H,1H3. The first kappa shape index (κ1) is 10.6. The summed E-state index contributed by atoms with van der Waals surface area (Å²) in [6, 6.07) is 6.37. The molecule has 2 aromatic rings. The Morgan fingerprint density at radius 1 is 1.12 bits per heavy atom. The van der Waals surface area contributed by atoms with Crippen LogP contribution in [0.2, 0.25) is 0 Å². The van der Waals surface area contributed by atoms with E-state index in [2.05, 4.69) is 9.97 Å². The quantitative estimate of drug-likeness (QED) is 0.797. The van der Waals surface area contributed by atoms with E-state index in [1.165, 1.54) is 24.5 Å². The van der Waals surface area contributed by atoms with Gasteiger partial charge in [0.25, 0.3) is 0 Å². The molecule has 0 aliphatic heterocycles. The van der Waals surface area contributed by atoms with Crippen molar-refractivity contribution in [2.24, 2.45) is 0 Å². The summed E-state index contributed by atoms with van der Waals surface area (Å²) in [5, 5.41) is 19.5. The maximum absolute atomic E-state index is 10.4. The van der Waals surface area contributed by atoms with Gasteiger partial charge in [0.05, 0.1) is 11.9 Å². The van der Waals surface area contributed by atoms with E-state index >= 15 is 0 Å². The van der Waals surface area contributed by atoms with Crippen molar-refractivity contribution in [2.75, 3.05) is 0 Å². The SMILES string of the molecule is CC(O)(c1ccc(O)cc1)c1cnccn1. The van der Waals surface area contributed by atoms with Crippen molar-refractivity contribution in [3.8, 4) is 5.75 Å². The molecular formula is C12H12N2O2. The number of hydrogen-bond donors (Lipinski definition) is 2. The Morgan fingerprint density at radius 2 is 1.81 bits per heavy atom. The summed E-state index contributed by atoms with van der Waals surface area (Å²) in [4.78, 5) is 8.00. The van der Waals surface area contributed by atoms with Crippen molar-refractivity contribution in [1.82, 2.24) is 9.97 Å². The highest BCUT2D eigenvalue weighted by Gasteiger charge is 2.27. The van der Waals surface area contributed by atoms with Crippen LogP contribution in [0.1, 0.15) is 18.2 Å². The smallest absolute Gasteiger partial charge is 0.130 e. The number of hydrogen-bond acceptors (Lipinski definition) is 4. The lowest BCUT2D eigenvalue weighted by Gasteiger charge is -2.22. The molecule has 1 unspecified atom stereocenters. The molecule has 16 heavy (non-hydrogen) atoms.